The fraction of sp³-hybridized carbons (Fsp3) is 0.417. The number of benzene rings is 2. The molecule has 0 aromatic heterocycles. The molecule has 0 radical (unpaired) electrons. The van der Waals surface area contributed by atoms with E-state index < -0.39 is 0 Å². The minimum Gasteiger partial charge on any atom is -0.371 e. The van der Waals surface area contributed by atoms with Gasteiger partial charge in [-0.25, -0.2) is 0 Å². The minimum absolute atomic E-state index is 0.00351. The predicted octanol–water partition coefficient (Wildman–Crippen LogP) is 4.39. The summed E-state index contributed by atoms with van der Waals surface area (Å²) in [6.07, 6.45) is 5.43. The normalized spacial score (nSPS) is 13.3. The van der Waals surface area contributed by atoms with Gasteiger partial charge in [-0.3, -0.25) is 9.59 Å². The third-order valence-corrected chi connectivity index (χ3v) is 5.27. The molecule has 3 rings (SSSR count). The third kappa shape index (κ3) is 6.08. The van der Waals surface area contributed by atoms with Crippen LogP contribution in [-0.2, 0) is 11.2 Å². The molecule has 5 nitrogen and oxygen atoms in total. The zero-order valence-corrected chi connectivity index (χ0v) is 17.2. The van der Waals surface area contributed by atoms with Gasteiger partial charge in [0.25, 0.3) is 5.91 Å². The van der Waals surface area contributed by atoms with Crippen LogP contribution >= 0.6 is 0 Å². The maximum Gasteiger partial charge on any atom is 0.253 e. The van der Waals surface area contributed by atoms with Crippen molar-refractivity contribution in [2.24, 2.45) is 0 Å². The first-order chi connectivity index (χ1) is 14.2. The van der Waals surface area contributed by atoms with E-state index in [0.29, 0.717) is 24.2 Å². The molecule has 0 bridgehead atoms. The summed E-state index contributed by atoms with van der Waals surface area (Å²) in [6, 6.07) is 15.8. The first kappa shape index (κ1) is 20.9. The van der Waals surface area contributed by atoms with E-state index in [1.807, 2.05) is 36.4 Å². The second kappa shape index (κ2) is 10.6. The quantitative estimate of drug-likeness (QED) is 0.664. The average Bonchev–Trinajstić information content (AvgIpc) is 3.27. The van der Waals surface area contributed by atoms with Crippen LogP contribution in [0.3, 0.4) is 0 Å². The molecule has 2 N–H and O–H groups in total. The second-order valence-corrected chi connectivity index (χ2v) is 7.57. The van der Waals surface area contributed by atoms with Gasteiger partial charge in [-0.15, -0.1) is 0 Å². The Bertz CT molecular complexity index is 814. The van der Waals surface area contributed by atoms with Crippen LogP contribution in [0.1, 0.15) is 54.9 Å². The highest BCUT2D eigenvalue weighted by Crippen LogP contribution is 2.27. The summed E-state index contributed by atoms with van der Waals surface area (Å²) >= 11 is 0. The maximum atomic E-state index is 13.0. The highest BCUT2D eigenvalue weighted by molar-refractivity contribution is 6.02. The van der Waals surface area contributed by atoms with Crippen LogP contribution in [0.25, 0.3) is 0 Å². The van der Waals surface area contributed by atoms with Crippen LogP contribution in [0.5, 0.6) is 0 Å². The van der Waals surface area contributed by atoms with Crippen LogP contribution < -0.4 is 15.5 Å². The van der Waals surface area contributed by atoms with E-state index >= 15 is 0 Å². The number of unbranched alkanes of at least 4 members (excludes halogenated alkanes) is 1. The fourth-order valence-electron chi connectivity index (χ4n) is 3.65. The van der Waals surface area contributed by atoms with Crippen LogP contribution in [0, 0.1) is 0 Å². The molecule has 29 heavy (non-hydrogen) atoms. The Morgan fingerprint density at radius 3 is 2.52 bits per heavy atom. The Morgan fingerprint density at radius 2 is 1.79 bits per heavy atom. The molecule has 1 saturated heterocycles. The lowest BCUT2D eigenvalue weighted by atomic mass is 10.1. The molecule has 1 aliphatic rings. The number of hydrogen-bond donors (Lipinski definition) is 2. The van der Waals surface area contributed by atoms with Crippen molar-refractivity contribution in [1.82, 2.24) is 5.32 Å². The molecule has 0 unspecified atom stereocenters. The number of anilines is 2. The summed E-state index contributed by atoms with van der Waals surface area (Å²) in [6.45, 7) is 4.57. The Labute approximate surface area is 173 Å². The molecule has 2 aromatic carbocycles. The van der Waals surface area contributed by atoms with Gasteiger partial charge < -0.3 is 15.5 Å². The third-order valence-electron chi connectivity index (χ3n) is 5.27. The van der Waals surface area contributed by atoms with Crippen molar-refractivity contribution in [1.29, 1.82) is 0 Å². The standard InChI is InChI=1S/C24H31N3O2/c1-2-3-11-23(28)26-20-12-13-22(27-16-7-8-17-27)21(18-20)24(29)25-15-14-19-9-5-4-6-10-19/h4-6,9-10,12-13,18H,2-3,7-8,11,14-17H2,1H3,(H,25,29)(H,26,28). The van der Waals surface area contributed by atoms with Crippen LogP contribution in [0.2, 0.25) is 0 Å². The topological polar surface area (TPSA) is 61.4 Å². The van der Waals surface area contributed by atoms with Gasteiger partial charge >= 0.3 is 0 Å². The van der Waals surface area contributed by atoms with Gasteiger partial charge in [0, 0.05) is 37.4 Å². The Morgan fingerprint density at radius 1 is 1.03 bits per heavy atom. The largest absolute Gasteiger partial charge is 0.371 e. The van der Waals surface area contributed by atoms with Crippen molar-refractivity contribution in [2.45, 2.75) is 45.4 Å². The highest BCUT2D eigenvalue weighted by Gasteiger charge is 2.20. The zero-order valence-electron chi connectivity index (χ0n) is 17.2. The van der Waals surface area contributed by atoms with Crippen molar-refractivity contribution in [3.8, 4) is 0 Å². The van der Waals surface area contributed by atoms with Gasteiger partial charge in [0.1, 0.15) is 0 Å². The van der Waals surface area contributed by atoms with Gasteiger partial charge in [0.2, 0.25) is 5.91 Å². The molecule has 154 valence electrons. The van der Waals surface area contributed by atoms with E-state index in [9.17, 15) is 9.59 Å². The number of carbonyl (C=O) groups is 2. The number of carbonyl (C=O) groups excluding carboxylic acids is 2. The van der Waals surface area contributed by atoms with E-state index in [1.54, 1.807) is 0 Å². The van der Waals surface area contributed by atoms with E-state index in [0.717, 1.165) is 50.9 Å². The van der Waals surface area contributed by atoms with E-state index in [2.05, 4.69) is 34.6 Å². The second-order valence-electron chi connectivity index (χ2n) is 7.57. The molecular formula is C24H31N3O2. The molecule has 2 aromatic rings. The van der Waals surface area contributed by atoms with Crippen LogP contribution in [0.15, 0.2) is 48.5 Å². The van der Waals surface area contributed by atoms with Crippen molar-refractivity contribution in [2.75, 3.05) is 29.9 Å². The first-order valence-electron chi connectivity index (χ1n) is 10.7. The molecule has 0 aliphatic carbocycles. The summed E-state index contributed by atoms with van der Waals surface area (Å²) in [5.74, 6) is -0.0938. The van der Waals surface area contributed by atoms with Crippen molar-refractivity contribution in [3.63, 3.8) is 0 Å². The van der Waals surface area contributed by atoms with Gasteiger partial charge in [-0.05, 0) is 49.4 Å². The summed E-state index contributed by atoms with van der Waals surface area (Å²) in [4.78, 5) is 27.3. The SMILES string of the molecule is CCCCC(=O)Nc1ccc(N2CCCC2)c(C(=O)NCCc2ccccc2)c1. The van der Waals surface area contributed by atoms with Crippen molar-refractivity contribution < 1.29 is 9.59 Å². The van der Waals surface area contributed by atoms with E-state index in [-0.39, 0.29) is 11.8 Å². The van der Waals surface area contributed by atoms with Crippen LogP contribution in [0.4, 0.5) is 11.4 Å². The molecule has 2 amide bonds. The van der Waals surface area contributed by atoms with Gasteiger partial charge in [-0.1, -0.05) is 43.7 Å². The van der Waals surface area contributed by atoms with Gasteiger partial charge in [-0.2, -0.15) is 0 Å². The van der Waals surface area contributed by atoms with Crippen LogP contribution in [-0.4, -0.2) is 31.4 Å². The van der Waals surface area contributed by atoms with Gasteiger partial charge in [0.15, 0.2) is 0 Å². The van der Waals surface area contributed by atoms with E-state index in [1.165, 1.54) is 5.56 Å². The summed E-state index contributed by atoms with van der Waals surface area (Å²) in [5.41, 5.74) is 3.46. The molecular weight excluding hydrogens is 362 g/mol. The summed E-state index contributed by atoms with van der Waals surface area (Å²) in [5, 5.41) is 5.98. The number of nitrogens with one attached hydrogen (secondary N) is 2. The number of amides is 2. The smallest absolute Gasteiger partial charge is 0.253 e. The molecule has 0 atom stereocenters. The first-order valence-corrected chi connectivity index (χ1v) is 10.7. The summed E-state index contributed by atoms with van der Waals surface area (Å²) in [7, 11) is 0. The molecule has 1 fully saturated rings. The average molecular weight is 394 g/mol. The summed E-state index contributed by atoms with van der Waals surface area (Å²) < 4.78 is 0. The zero-order chi connectivity index (χ0) is 20.5. The molecule has 0 spiro atoms. The monoisotopic (exact) mass is 393 g/mol. The molecule has 0 saturated carbocycles. The predicted molar refractivity (Wildman–Crippen MR) is 119 cm³/mol. The molecule has 5 heteroatoms. The van der Waals surface area contributed by atoms with Crippen molar-refractivity contribution in [3.05, 3.63) is 59.7 Å². The number of rotatable bonds is 9. The fourth-order valence-corrected chi connectivity index (χ4v) is 3.65. The maximum absolute atomic E-state index is 13.0. The lowest BCUT2D eigenvalue weighted by Gasteiger charge is -2.22. The lowest BCUT2D eigenvalue weighted by molar-refractivity contribution is -0.116. The van der Waals surface area contributed by atoms with E-state index in [4.69, 9.17) is 0 Å². The minimum atomic E-state index is -0.0903. The number of nitrogens with zero attached hydrogens (tertiary/aromatic N) is 1. The Hall–Kier alpha value is -2.82. The lowest BCUT2D eigenvalue weighted by Crippen LogP contribution is -2.29. The Balaban J connectivity index is 1.70. The van der Waals surface area contributed by atoms with Gasteiger partial charge in [0.05, 0.1) is 5.56 Å². The molecule has 1 heterocycles. The Kier molecular flexibility index (Phi) is 7.68. The van der Waals surface area contributed by atoms with Crippen molar-refractivity contribution >= 4 is 23.2 Å². The number of hydrogen-bond acceptors (Lipinski definition) is 3. The highest BCUT2D eigenvalue weighted by atomic mass is 16.2. The molecule has 1 aliphatic heterocycles.